The number of benzene rings is 2. The van der Waals surface area contributed by atoms with Crippen molar-refractivity contribution in [1.29, 1.82) is 0 Å². The van der Waals surface area contributed by atoms with Gasteiger partial charge >= 0.3 is 0 Å². The van der Waals surface area contributed by atoms with Gasteiger partial charge in [-0.2, -0.15) is 0 Å². The summed E-state index contributed by atoms with van der Waals surface area (Å²) in [5, 5.41) is 20.8. The number of phenols is 2. The number of ketones is 1. The zero-order valence-corrected chi connectivity index (χ0v) is 14.6. The lowest BCUT2D eigenvalue weighted by atomic mass is 9.81. The number of phenolic OH excluding ortho intramolecular Hbond substituents is 2. The molecule has 0 aliphatic rings. The first-order valence-corrected chi connectivity index (χ1v) is 8.05. The molecule has 0 bridgehead atoms. The molecule has 3 aromatic rings. The van der Waals surface area contributed by atoms with E-state index in [1.54, 1.807) is 47.1 Å². The predicted molar refractivity (Wildman–Crippen MR) is 102 cm³/mol. The van der Waals surface area contributed by atoms with Crippen molar-refractivity contribution < 1.29 is 24.2 Å². The summed E-state index contributed by atoms with van der Waals surface area (Å²) >= 11 is 0. The van der Waals surface area contributed by atoms with Crippen LogP contribution in [0.15, 0.2) is 28.7 Å². The first kappa shape index (κ1) is 17.0. The summed E-state index contributed by atoms with van der Waals surface area (Å²) in [7, 11) is 4.88. The molecule has 3 rings (SSSR count). The second kappa shape index (κ2) is 6.24. The Labute approximate surface area is 147 Å². The summed E-state index contributed by atoms with van der Waals surface area (Å²) in [5.41, 5.74) is 2.21. The molecule has 0 spiro atoms. The van der Waals surface area contributed by atoms with Gasteiger partial charge in [-0.05, 0) is 35.2 Å². The molecule has 2 N–H and O–H groups in total. The van der Waals surface area contributed by atoms with Crippen LogP contribution in [-0.4, -0.2) is 38.8 Å². The van der Waals surface area contributed by atoms with E-state index in [4.69, 9.17) is 9.15 Å². The Bertz CT molecular complexity index is 974. The number of carbonyl (C=O) groups is 1. The Morgan fingerprint density at radius 1 is 1.12 bits per heavy atom. The minimum Gasteiger partial charge on any atom is -0.505 e. The number of fused-ring (bicyclic) bond motifs is 1. The van der Waals surface area contributed by atoms with Gasteiger partial charge in [-0.25, -0.2) is 0 Å². The average Bonchev–Trinajstić information content (AvgIpc) is 3.04. The fraction of sp³-hybridized carbons (Fsp3) is 0.167. The molecule has 25 heavy (non-hydrogen) atoms. The maximum absolute atomic E-state index is 13.1. The molecule has 2 aromatic carbocycles. The van der Waals surface area contributed by atoms with Crippen molar-refractivity contribution >= 4 is 43.4 Å². The molecule has 0 atom stereocenters. The zero-order chi connectivity index (χ0) is 18.3. The van der Waals surface area contributed by atoms with E-state index in [1.165, 1.54) is 0 Å². The standard InChI is InChI=1S/C18H18B2O5/c1-3-10-11(15(21)8-4-6-9(24-2)7-5-8)12-13(19)16(22)17(23)14(20)18(12)25-10/h4-7,22-23H,3,19-20H2,1-2H3. The topological polar surface area (TPSA) is 79.9 Å². The van der Waals surface area contributed by atoms with E-state index in [-0.39, 0.29) is 17.3 Å². The van der Waals surface area contributed by atoms with Gasteiger partial charge in [0.1, 0.15) is 32.8 Å². The second-order valence-electron chi connectivity index (χ2n) is 5.96. The number of methoxy groups -OCH3 is 1. The highest BCUT2D eigenvalue weighted by molar-refractivity contribution is 6.49. The number of hydrogen-bond donors (Lipinski definition) is 2. The van der Waals surface area contributed by atoms with Crippen LogP contribution in [0.3, 0.4) is 0 Å². The van der Waals surface area contributed by atoms with E-state index in [0.717, 1.165) is 0 Å². The second-order valence-corrected chi connectivity index (χ2v) is 5.96. The molecule has 0 fully saturated rings. The maximum atomic E-state index is 13.1. The van der Waals surface area contributed by atoms with Gasteiger partial charge in [-0.1, -0.05) is 6.92 Å². The molecule has 1 heterocycles. The Hall–Kier alpha value is -2.82. The summed E-state index contributed by atoms with van der Waals surface area (Å²) in [6.07, 6.45) is 0.520. The highest BCUT2D eigenvalue weighted by Gasteiger charge is 2.26. The van der Waals surface area contributed by atoms with Crippen LogP contribution < -0.4 is 15.7 Å². The molecular formula is C18H18B2O5. The third kappa shape index (κ3) is 2.56. The minimum absolute atomic E-state index is 0.189. The van der Waals surface area contributed by atoms with Crippen LogP contribution >= 0.6 is 0 Å². The number of furan rings is 1. The average molecular weight is 336 g/mol. The Kier molecular flexibility index (Phi) is 4.25. The summed E-state index contributed by atoms with van der Waals surface area (Å²) in [6, 6.07) is 6.84. The number of ether oxygens (including phenoxy) is 1. The van der Waals surface area contributed by atoms with Crippen LogP contribution in [0.2, 0.25) is 0 Å². The summed E-state index contributed by atoms with van der Waals surface area (Å²) < 4.78 is 11.0. The van der Waals surface area contributed by atoms with Crippen molar-refractivity contribution in [3.8, 4) is 17.2 Å². The largest absolute Gasteiger partial charge is 0.505 e. The highest BCUT2D eigenvalue weighted by Crippen LogP contribution is 2.32. The van der Waals surface area contributed by atoms with Gasteiger partial charge in [-0.15, -0.1) is 0 Å². The van der Waals surface area contributed by atoms with Gasteiger partial charge in [0.15, 0.2) is 17.3 Å². The molecule has 0 aliphatic heterocycles. The minimum atomic E-state index is -0.225. The van der Waals surface area contributed by atoms with Crippen molar-refractivity contribution in [2.45, 2.75) is 13.3 Å². The first-order valence-electron chi connectivity index (χ1n) is 8.05. The van der Waals surface area contributed by atoms with Crippen molar-refractivity contribution in [1.82, 2.24) is 0 Å². The maximum Gasteiger partial charge on any atom is 0.197 e. The Balaban J connectivity index is 2.28. The number of rotatable bonds is 4. The number of carbonyl (C=O) groups excluding carboxylic acids is 1. The monoisotopic (exact) mass is 336 g/mol. The lowest BCUT2D eigenvalue weighted by Gasteiger charge is -2.09. The van der Waals surface area contributed by atoms with Gasteiger partial charge in [0.05, 0.1) is 12.7 Å². The lowest BCUT2D eigenvalue weighted by molar-refractivity contribution is 0.103. The van der Waals surface area contributed by atoms with Crippen LogP contribution in [0.5, 0.6) is 17.2 Å². The lowest BCUT2D eigenvalue weighted by Crippen LogP contribution is -2.16. The van der Waals surface area contributed by atoms with Gasteiger partial charge in [0, 0.05) is 17.4 Å². The first-order chi connectivity index (χ1) is 11.9. The quantitative estimate of drug-likeness (QED) is 0.403. The Morgan fingerprint density at radius 3 is 2.28 bits per heavy atom. The van der Waals surface area contributed by atoms with Crippen molar-refractivity contribution in [3.05, 3.63) is 41.2 Å². The predicted octanol–water partition coefficient (Wildman–Crippen LogP) is 0.163. The van der Waals surface area contributed by atoms with Crippen LogP contribution in [0.1, 0.15) is 28.6 Å². The summed E-state index contributed by atoms with van der Waals surface area (Å²) in [4.78, 5) is 13.1. The molecule has 5 nitrogen and oxygen atoms in total. The number of hydrogen-bond acceptors (Lipinski definition) is 5. The Morgan fingerprint density at radius 2 is 1.72 bits per heavy atom. The van der Waals surface area contributed by atoms with Gasteiger partial charge < -0.3 is 19.4 Å². The van der Waals surface area contributed by atoms with Crippen LogP contribution in [0.25, 0.3) is 11.0 Å². The zero-order valence-electron chi connectivity index (χ0n) is 14.6. The van der Waals surface area contributed by atoms with Crippen LogP contribution in [-0.2, 0) is 6.42 Å². The number of aromatic hydroxyl groups is 2. The molecule has 0 saturated carbocycles. The molecule has 1 aromatic heterocycles. The van der Waals surface area contributed by atoms with E-state index >= 15 is 0 Å². The fourth-order valence-electron chi connectivity index (χ4n) is 3.06. The van der Waals surface area contributed by atoms with Gasteiger partial charge in [-0.3, -0.25) is 4.79 Å². The van der Waals surface area contributed by atoms with Crippen molar-refractivity contribution in [2.75, 3.05) is 7.11 Å². The fourth-order valence-corrected chi connectivity index (χ4v) is 3.06. The third-order valence-electron chi connectivity index (χ3n) is 4.53. The van der Waals surface area contributed by atoms with E-state index in [2.05, 4.69) is 0 Å². The van der Waals surface area contributed by atoms with E-state index in [0.29, 0.717) is 51.0 Å². The van der Waals surface area contributed by atoms with E-state index < -0.39 is 0 Å². The molecule has 0 radical (unpaired) electrons. The smallest absolute Gasteiger partial charge is 0.197 e. The molecule has 126 valence electrons. The van der Waals surface area contributed by atoms with Crippen molar-refractivity contribution in [2.24, 2.45) is 0 Å². The summed E-state index contributed by atoms with van der Waals surface area (Å²) in [6.45, 7) is 1.90. The van der Waals surface area contributed by atoms with E-state index in [9.17, 15) is 15.0 Å². The SMILES string of the molecule is Bc1c(O)c(O)c(B)c2c(C(=O)c3ccc(OC)cc3)c(CC)oc12. The third-order valence-corrected chi connectivity index (χ3v) is 4.53. The number of aryl methyl sites for hydroxylation is 1. The molecule has 0 aliphatic carbocycles. The molecule has 0 saturated heterocycles. The highest BCUT2D eigenvalue weighted by atomic mass is 16.5. The molecule has 0 amide bonds. The van der Waals surface area contributed by atoms with E-state index in [1.807, 2.05) is 6.92 Å². The van der Waals surface area contributed by atoms with Crippen LogP contribution in [0, 0.1) is 0 Å². The van der Waals surface area contributed by atoms with Gasteiger partial charge in [0.25, 0.3) is 0 Å². The van der Waals surface area contributed by atoms with Crippen molar-refractivity contribution in [3.63, 3.8) is 0 Å². The molecule has 0 unspecified atom stereocenters. The normalized spacial score (nSPS) is 11.0. The van der Waals surface area contributed by atoms with Crippen LogP contribution in [0.4, 0.5) is 0 Å². The van der Waals surface area contributed by atoms with Gasteiger partial charge in [0.2, 0.25) is 0 Å². The molecular weight excluding hydrogens is 318 g/mol. The summed E-state index contributed by atoms with van der Waals surface area (Å²) in [5.74, 6) is 0.568. The molecule has 7 heteroatoms.